The number of hydrogen-bond acceptors (Lipinski definition) is 7. The third kappa shape index (κ3) is 4.34. The molecule has 8 nitrogen and oxygen atoms in total. The van der Waals surface area contributed by atoms with Crippen LogP contribution in [0, 0.1) is 16.7 Å². The minimum Gasteiger partial charge on any atom is -0.484 e. The molecule has 32 heavy (non-hydrogen) atoms. The predicted octanol–water partition coefficient (Wildman–Crippen LogP) is 2.38. The first kappa shape index (κ1) is 21.9. The number of nitrogens with two attached hydrogens (primary N) is 1. The molecule has 1 aromatic rings. The van der Waals surface area contributed by atoms with E-state index >= 15 is 0 Å². The van der Waals surface area contributed by atoms with Gasteiger partial charge in [0.1, 0.15) is 23.2 Å². The molecule has 0 saturated carbocycles. The third-order valence-electron chi connectivity index (χ3n) is 6.01. The van der Waals surface area contributed by atoms with Crippen molar-refractivity contribution in [1.29, 1.82) is 5.26 Å². The Balaban J connectivity index is 1.54. The van der Waals surface area contributed by atoms with Crippen LogP contribution in [0.15, 0.2) is 47.1 Å². The zero-order valence-electron chi connectivity index (χ0n) is 18.3. The monoisotopic (exact) mass is 437 g/mol. The summed E-state index contributed by atoms with van der Waals surface area (Å²) in [6.45, 7) is 6.17. The van der Waals surface area contributed by atoms with Crippen molar-refractivity contribution in [1.82, 2.24) is 4.90 Å². The Labute approximate surface area is 187 Å². The van der Waals surface area contributed by atoms with Crippen LogP contribution in [0.4, 0.5) is 0 Å². The Morgan fingerprint density at radius 1 is 1.25 bits per heavy atom. The van der Waals surface area contributed by atoms with Gasteiger partial charge in [-0.15, -0.1) is 0 Å². The molecule has 1 unspecified atom stereocenters. The molecule has 2 N–H and O–H groups in total. The van der Waals surface area contributed by atoms with Crippen LogP contribution in [-0.4, -0.2) is 49.5 Å². The summed E-state index contributed by atoms with van der Waals surface area (Å²) >= 11 is 0. The first-order valence-corrected chi connectivity index (χ1v) is 10.7. The van der Waals surface area contributed by atoms with E-state index in [0.717, 1.165) is 5.56 Å². The second-order valence-corrected chi connectivity index (χ2v) is 9.05. The highest BCUT2D eigenvalue weighted by Crippen LogP contribution is 2.47. The number of carbonyl (C=O) groups excluding carboxylic acids is 2. The summed E-state index contributed by atoms with van der Waals surface area (Å²) in [4.78, 5) is 27.0. The summed E-state index contributed by atoms with van der Waals surface area (Å²) in [6, 6.07) is 9.19. The highest BCUT2D eigenvalue weighted by Gasteiger charge is 2.42. The molecular formula is C24H27N3O5. The van der Waals surface area contributed by atoms with Gasteiger partial charge in [0.25, 0.3) is 5.91 Å². The fourth-order valence-electron chi connectivity index (χ4n) is 4.42. The molecule has 0 radical (unpaired) electrons. The molecule has 2 aliphatic heterocycles. The van der Waals surface area contributed by atoms with Crippen molar-refractivity contribution in [3.05, 3.63) is 52.6 Å². The summed E-state index contributed by atoms with van der Waals surface area (Å²) in [7, 11) is 0. The van der Waals surface area contributed by atoms with Gasteiger partial charge >= 0.3 is 0 Å². The highest BCUT2D eigenvalue weighted by atomic mass is 16.5. The molecule has 0 bridgehead atoms. The predicted molar refractivity (Wildman–Crippen MR) is 115 cm³/mol. The number of morpholine rings is 1. The molecule has 8 heteroatoms. The molecule has 1 saturated heterocycles. The lowest BCUT2D eigenvalue weighted by atomic mass is 9.70. The van der Waals surface area contributed by atoms with E-state index in [1.54, 1.807) is 29.2 Å². The molecular weight excluding hydrogens is 410 g/mol. The number of allylic oxidation sites excluding steroid dienone is 3. The van der Waals surface area contributed by atoms with E-state index in [-0.39, 0.29) is 35.2 Å². The van der Waals surface area contributed by atoms with Crippen molar-refractivity contribution < 1.29 is 23.8 Å². The number of amides is 1. The summed E-state index contributed by atoms with van der Waals surface area (Å²) in [5, 5.41) is 9.72. The zero-order chi connectivity index (χ0) is 22.9. The fourth-order valence-corrected chi connectivity index (χ4v) is 4.42. The van der Waals surface area contributed by atoms with E-state index in [0.29, 0.717) is 56.2 Å². The van der Waals surface area contributed by atoms with Crippen LogP contribution in [0.25, 0.3) is 0 Å². The van der Waals surface area contributed by atoms with Crippen LogP contribution in [-0.2, 0) is 19.1 Å². The first-order valence-electron chi connectivity index (χ1n) is 10.7. The van der Waals surface area contributed by atoms with Gasteiger partial charge in [0.2, 0.25) is 5.88 Å². The highest BCUT2D eigenvalue weighted by molar-refractivity contribution is 6.00. The Morgan fingerprint density at radius 3 is 2.59 bits per heavy atom. The minimum atomic E-state index is -0.573. The van der Waals surface area contributed by atoms with Crippen LogP contribution < -0.4 is 10.5 Å². The number of carbonyl (C=O) groups is 2. The van der Waals surface area contributed by atoms with Crippen molar-refractivity contribution in [2.24, 2.45) is 11.1 Å². The number of benzene rings is 1. The van der Waals surface area contributed by atoms with E-state index in [1.807, 2.05) is 13.8 Å². The molecule has 1 aromatic carbocycles. The molecule has 4 rings (SSSR count). The fraction of sp³-hybridized carbons (Fsp3) is 0.458. The van der Waals surface area contributed by atoms with Gasteiger partial charge in [0, 0.05) is 31.5 Å². The number of nitrogens with zero attached hydrogens (tertiary/aromatic N) is 2. The number of ketones is 1. The normalized spacial score (nSPS) is 22.7. The van der Waals surface area contributed by atoms with Gasteiger partial charge in [-0.05, 0) is 23.1 Å². The van der Waals surface area contributed by atoms with Gasteiger partial charge in [0.05, 0.1) is 19.1 Å². The number of Topliss-reactive ketones (excluding diaryl/α,β-unsaturated/α-hetero) is 1. The van der Waals surface area contributed by atoms with Crippen molar-refractivity contribution in [3.63, 3.8) is 0 Å². The van der Waals surface area contributed by atoms with Crippen molar-refractivity contribution in [2.45, 2.75) is 32.6 Å². The van der Waals surface area contributed by atoms with E-state index in [9.17, 15) is 14.9 Å². The maximum absolute atomic E-state index is 13.0. The maximum atomic E-state index is 13.0. The standard InChI is InChI=1S/C24H27N3O5/c1-24(2)11-18(28)22-19(12-24)32-23(26)17(13-25)21(22)15-3-5-16(6-4-15)31-14-20(29)27-7-9-30-10-8-27/h3-6,21H,7-12,14,26H2,1-2H3. The number of rotatable bonds is 4. The molecule has 1 amide bonds. The molecule has 0 aromatic heterocycles. The van der Waals surface area contributed by atoms with Gasteiger partial charge < -0.3 is 24.8 Å². The Kier molecular flexibility index (Phi) is 5.94. The minimum absolute atomic E-state index is 0.0297. The average Bonchev–Trinajstić information content (AvgIpc) is 2.76. The summed E-state index contributed by atoms with van der Waals surface area (Å²) in [5.41, 5.74) is 7.31. The van der Waals surface area contributed by atoms with Crippen LogP contribution in [0.2, 0.25) is 0 Å². The van der Waals surface area contributed by atoms with Crippen LogP contribution in [0.5, 0.6) is 5.75 Å². The molecule has 168 valence electrons. The zero-order valence-corrected chi connectivity index (χ0v) is 18.3. The molecule has 1 fully saturated rings. The summed E-state index contributed by atoms with van der Waals surface area (Å²) in [5.74, 6) is 0.425. The number of ether oxygens (including phenoxy) is 3. The lowest BCUT2D eigenvalue weighted by Gasteiger charge is -2.37. The van der Waals surface area contributed by atoms with E-state index in [1.165, 1.54) is 0 Å². The molecule has 0 spiro atoms. The van der Waals surface area contributed by atoms with E-state index < -0.39 is 5.92 Å². The largest absolute Gasteiger partial charge is 0.484 e. The Bertz CT molecular complexity index is 1030. The quantitative estimate of drug-likeness (QED) is 0.769. The topological polar surface area (TPSA) is 115 Å². The second kappa shape index (κ2) is 8.67. The lowest BCUT2D eigenvalue weighted by Crippen LogP contribution is -2.42. The van der Waals surface area contributed by atoms with Crippen LogP contribution >= 0.6 is 0 Å². The van der Waals surface area contributed by atoms with Gasteiger partial charge in [-0.1, -0.05) is 26.0 Å². The lowest BCUT2D eigenvalue weighted by molar-refractivity contribution is -0.137. The molecule has 1 atom stereocenters. The van der Waals surface area contributed by atoms with Crippen LogP contribution in [0.3, 0.4) is 0 Å². The van der Waals surface area contributed by atoms with Crippen LogP contribution in [0.1, 0.15) is 38.2 Å². The second-order valence-electron chi connectivity index (χ2n) is 9.05. The first-order chi connectivity index (χ1) is 15.3. The maximum Gasteiger partial charge on any atom is 0.260 e. The smallest absolute Gasteiger partial charge is 0.260 e. The molecule has 3 aliphatic rings. The average molecular weight is 437 g/mol. The SMILES string of the molecule is CC1(C)CC(=O)C2=C(C1)OC(N)=C(C#N)C2c1ccc(OCC(=O)N2CCOCC2)cc1. The van der Waals surface area contributed by atoms with Gasteiger partial charge in [-0.3, -0.25) is 9.59 Å². The molecule has 1 aliphatic carbocycles. The van der Waals surface area contributed by atoms with Gasteiger partial charge in [-0.2, -0.15) is 5.26 Å². The summed E-state index contributed by atoms with van der Waals surface area (Å²) in [6.07, 6.45) is 0.962. The van der Waals surface area contributed by atoms with E-state index in [4.69, 9.17) is 19.9 Å². The molecule has 2 heterocycles. The van der Waals surface area contributed by atoms with Gasteiger partial charge in [0.15, 0.2) is 12.4 Å². The third-order valence-corrected chi connectivity index (χ3v) is 6.01. The Morgan fingerprint density at radius 2 is 1.94 bits per heavy atom. The van der Waals surface area contributed by atoms with Gasteiger partial charge in [-0.25, -0.2) is 0 Å². The number of hydrogen-bond donors (Lipinski definition) is 1. The van der Waals surface area contributed by atoms with Crippen molar-refractivity contribution >= 4 is 11.7 Å². The Hall–Kier alpha value is -3.31. The van der Waals surface area contributed by atoms with E-state index in [2.05, 4.69) is 6.07 Å². The summed E-state index contributed by atoms with van der Waals surface area (Å²) < 4.78 is 16.6. The number of nitriles is 1. The van der Waals surface area contributed by atoms with Crippen molar-refractivity contribution in [3.8, 4) is 11.8 Å². The van der Waals surface area contributed by atoms with Crippen molar-refractivity contribution in [2.75, 3.05) is 32.9 Å².